The molecule has 1 saturated heterocycles. The molecule has 1 aromatic heterocycles. The molecule has 0 bridgehead atoms. The van der Waals surface area contributed by atoms with E-state index in [-0.39, 0.29) is 24.3 Å². The highest BCUT2D eigenvalue weighted by Gasteiger charge is 2.36. The van der Waals surface area contributed by atoms with Crippen LogP contribution in [-0.4, -0.2) is 23.7 Å². The lowest BCUT2D eigenvalue weighted by Crippen LogP contribution is -2.39. The molecule has 4 nitrogen and oxygen atoms in total. The summed E-state index contributed by atoms with van der Waals surface area (Å²) < 4.78 is 31.6. The molecule has 1 aromatic rings. The summed E-state index contributed by atoms with van der Waals surface area (Å²) in [5, 5.41) is 5.81. The fourth-order valence-electron chi connectivity index (χ4n) is 3.68. The average molecular weight is 300 g/mol. The third kappa shape index (κ3) is 3.73. The van der Waals surface area contributed by atoms with Crippen LogP contribution in [0.1, 0.15) is 56.6 Å². The highest BCUT2D eigenvalue weighted by molar-refractivity contribution is 5.05. The molecule has 1 aliphatic carbocycles. The Bertz CT molecular complexity index is 516. The van der Waals surface area contributed by atoms with Crippen molar-refractivity contribution < 1.29 is 13.3 Å². The molecule has 0 spiro atoms. The molecule has 21 heavy (non-hydrogen) atoms. The van der Waals surface area contributed by atoms with Crippen molar-refractivity contribution in [2.24, 2.45) is 5.92 Å². The molecule has 3 rings (SSSR count). The second-order valence-electron chi connectivity index (χ2n) is 6.52. The summed E-state index contributed by atoms with van der Waals surface area (Å²) in [5.41, 5.74) is -0.199. The van der Waals surface area contributed by atoms with E-state index in [0.717, 1.165) is 31.6 Å². The highest BCUT2D eigenvalue weighted by Crippen LogP contribution is 2.39. The first-order valence-electron chi connectivity index (χ1n) is 7.81. The van der Waals surface area contributed by atoms with Crippen molar-refractivity contribution in [3.8, 4) is 0 Å². The summed E-state index contributed by atoms with van der Waals surface area (Å²) in [5.74, 6) is -1.09. The van der Waals surface area contributed by atoms with Gasteiger partial charge in [0, 0.05) is 30.9 Å². The van der Waals surface area contributed by atoms with E-state index in [4.69, 9.17) is 4.52 Å². The maximum atomic E-state index is 13.2. The highest BCUT2D eigenvalue weighted by atomic mass is 19.3. The average Bonchev–Trinajstić information content (AvgIpc) is 2.88. The number of halogens is 2. The number of piperidine rings is 1. The number of aromatic amines is 1. The van der Waals surface area contributed by atoms with Crippen LogP contribution < -0.4 is 10.9 Å². The maximum Gasteiger partial charge on any atom is 0.280 e. The van der Waals surface area contributed by atoms with E-state index in [1.807, 2.05) is 0 Å². The van der Waals surface area contributed by atoms with Crippen molar-refractivity contribution in [2.45, 2.75) is 62.8 Å². The molecule has 2 N–H and O–H groups in total. The Hall–Kier alpha value is -1.17. The van der Waals surface area contributed by atoms with E-state index in [0.29, 0.717) is 24.8 Å². The van der Waals surface area contributed by atoms with Gasteiger partial charge in [-0.05, 0) is 44.6 Å². The fourth-order valence-corrected chi connectivity index (χ4v) is 3.68. The summed E-state index contributed by atoms with van der Waals surface area (Å²) in [4.78, 5) is 11.2. The predicted molar refractivity (Wildman–Crippen MR) is 74.6 cm³/mol. The Morgan fingerprint density at radius 1 is 1.29 bits per heavy atom. The van der Waals surface area contributed by atoms with Crippen molar-refractivity contribution in [3.63, 3.8) is 0 Å². The molecule has 2 fully saturated rings. The first-order valence-corrected chi connectivity index (χ1v) is 7.81. The van der Waals surface area contributed by atoms with E-state index >= 15 is 0 Å². The molecule has 0 aromatic carbocycles. The number of hydrogen-bond acceptors (Lipinski definition) is 3. The van der Waals surface area contributed by atoms with E-state index in [1.165, 1.54) is 6.07 Å². The second-order valence-corrected chi connectivity index (χ2v) is 6.52. The van der Waals surface area contributed by atoms with Crippen LogP contribution in [0.2, 0.25) is 0 Å². The van der Waals surface area contributed by atoms with Gasteiger partial charge >= 0.3 is 0 Å². The lowest BCUT2D eigenvalue weighted by Gasteiger charge is -2.34. The quantitative estimate of drug-likeness (QED) is 0.902. The molecule has 1 saturated carbocycles. The Kier molecular flexibility index (Phi) is 4.15. The molecule has 1 aliphatic heterocycles. The number of hydrogen-bond donors (Lipinski definition) is 2. The summed E-state index contributed by atoms with van der Waals surface area (Å²) in [6.45, 7) is 0.882. The van der Waals surface area contributed by atoms with E-state index in [9.17, 15) is 13.6 Å². The van der Waals surface area contributed by atoms with Crippen LogP contribution >= 0.6 is 0 Å². The number of aromatic nitrogens is 1. The van der Waals surface area contributed by atoms with Gasteiger partial charge in [0.15, 0.2) is 0 Å². The van der Waals surface area contributed by atoms with E-state index < -0.39 is 5.92 Å². The van der Waals surface area contributed by atoms with Gasteiger partial charge in [-0.3, -0.25) is 4.79 Å². The predicted octanol–water partition coefficient (Wildman–Crippen LogP) is 3.02. The Morgan fingerprint density at radius 3 is 2.71 bits per heavy atom. The van der Waals surface area contributed by atoms with Crippen LogP contribution in [-0.2, 0) is 0 Å². The third-order valence-electron chi connectivity index (χ3n) is 4.89. The molecule has 0 unspecified atom stereocenters. The Balaban J connectivity index is 1.53. The second kappa shape index (κ2) is 5.91. The minimum absolute atomic E-state index is 0.0283. The van der Waals surface area contributed by atoms with Crippen LogP contribution in [0.4, 0.5) is 8.78 Å². The minimum atomic E-state index is -2.45. The largest absolute Gasteiger partial charge is 0.383 e. The molecule has 0 amide bonds. The van der Waals surface area contributed by atoms with Crippen LogP contribution in [0, 0.1) is 5.92 Å². The van der Waals surface area contributed by atoms with E-state index in [1.54, 1.807) is 0 Å². The molecule has 6 heteroatoms. The van der Waals surface area contributed by atoms with Gasteiger partial charge < -0.3 is 9.84 Å². The van der Waals surface area contributed by atoms with Crippen molar-refractivity contribution in [1.29, 1.82) is 0 Å². The summed E-state index contributed by atoms with van der Waals surface area (Å²) in [7, 11) is 0. The van der Waals surface area contributed by atoms with Gasteiger partial charge in [0.25, 0.3) is 5.56 Å². The standard InChI is InChI=1S/C15H22F2N2O2/c16-15(17)4-1-10(2-5-15)7-12-8-11(3-6-18-12)13-9-14(20)19-21-13/h9-12,18H,1-8H2,(H,19,20)/t11-,12+/m1/s1. The number of alkyl halides is 2. The first-order chi connectivity index (χ1) is 10.0. The normalized spacial score (nSPS) is 30.4. The summed E-state index contributed by atoms with van der Waals surface area (Å²) in [6, 6.07) is 1.86. The van der Waals surface area contributed by atoms with Gasteiger partial charge in [-0.1, -0.05) is 0 Å². The van der Waals surface area contributed by atoms with Crippen molar-refractivity contribution in [2.75, 3.05) is 6.54 Å². The SMILES string of the molecule is O=c1cc([C@@H]2CCN[C@@H](CC3CCC(F)(F)CC3)C2)o[nH]1. The van der Waals surface area contributed by atoms with Gasteiger partial charge in [0.2, 0.25) is 5.92 Å². The minimum Gasteiger partial charge on any atom is -0.383 e. The van der Waals surface area contributed by atoms with Crippen LogP contribution in [0.5, 0.6) is 0 Å². The van der Waals surface area contributed by atoms with Gasteiger partial charge in [0.1, 0.15) is 5.76 Å². The molecule has 2 atom stereocenters. The lowest BCUT2D eigenvalue weighted by atomic mass is 9.79. The topological polar surface area (TPSA) is 58.0 Å². The zero-order chi connectivity index (χ0) is 14.9. The van der Waals surface area contributed by atoms with Gasteiger partial charge in [-0.2, -0.15) is 5.16 Å². The first kappa shape index (κ1) is 14.8. The third-order valence-corrected chi connectivity index (χ3v) is 4.89. The molecule has 2 aliphatic rings. The lowest BCUT2D eigenvalue weighted by molar-refractivity contribution is -0.0477. The van der Waals surface area contributed by atoms with Crippen LogP contribution in [0.15, 0.2) is 15.4 Å². The van der Waals surface area contributed by atoms with E-state index in [2.05, 4.69) is 10.5 Å². The van der Waals surface area contributed by atoms with Crippen LogP contribution in [0.25, 0.3) is 0 Å². The molecular weight excluding hydrogens is 278 g/mol. The Morgan fingerprint density at radius 2 is 2.05 bits per heavy atom. The van der Waals surface area contributed by atoms with Gasteiger partial charge in [-0.25, -0.2) is 8.78 Å². The zero-order valence-corrected chi connectivity index (χ0v) is 12.0. The molecule has 0 radical (unpaired) electrons. The number of rotatable bonds is 3. The smallest absolute Gasteiger partial charge is 0.280 e. The monoisotopic (exact) mass is 300 g/mol. The van der Waals surface area contributed by atoms with Crippen LogP contribution in [0.3, 0.4) is 0 Å². The zero-order valence-electron chi connectivity index (χ0n) is 12.0. The van der Waals surface area contributed by atoms with Gasteiger partial charge in [0.05, 0.1) is 0 Å². The Labute approximate surface area is 122 Å². The summed E-state index contributed by atoms with van der Waals surface area (Å²) in [6.07, 6.45) is 4.10. The fraction of sp³-hybridized carbons (Fsp3) is 0.800. The van der Waals surface area contributed by atoms with Crippen molar-refractivity contribution in [1.82, 2.24) is 10.5 Å². The molecular formula is C15H22F2N2O2. The number of H-pyrrole nitrogens is 1. The summed E-state index contributed by atoms with van der Waals surface area (Å²) >= 11 is 0. The number of nitrogens with one attached hydrogen (secondary N) is 2. The maximum absolute atomic E-state index is 13.2. The van der Waals surface area contributed by atoms with Crippen molar-refractivity contribution in [3.05, 3.63) is 22.2 Å². The van der Waals surface area contributed by atoms with Gasteiger partial charge in [-0.15, -0.1) is 0 Å². The molecule has 2 heterocycles. The van der Waals surface area contributed by atoms with Crippen molar-refractivity contribution >= 4 is 0 Å². The molecule has 118 valence electrons.